The number of halogens is 3. The molecule has 100 valence electrons. The Kier molecular flexibility index (Phi) is 4.80. The van der Waals surface area contributed by atoms with Crippen LogP contribution in [0.15, 0.2) is 0 Å². The first-order valence-corrected chi connectivity index (χ1v) is 5.86. The summed E-state index contributed by atoms with van der Waals surface area (Å²) in [6.07, 6.45) is -2.32. The first-order chi connectivity index (χ1) is 7.79. The van der Waals surface area contributed by atoms with Gasteiger partial charge in [-0.25, -0.2) is 0 Å². The molecule has 0 bridgehead atoms. The van der Waals surface area contributed by atoms with Gasteiger partial charge < -0.3 is 10.2 Å². The van der Waals surface area contributed by atoms with Crippen LogP contribution >= 0.6 is 0 Å². The Labute approximate surface area is 99.4 Å². The number of carbonyl (C=O) groups is 1. The maximum absolute atomic E-state index is 11.9. The Morgan fingerprint density at radius 3 is 2.41 bits per heavy atom. The molecule has 0 aromatic heterocycles. The number of hydrogen-bond acceptors (Lipinski definition) is 2. The smallest absolute Gasteiger partial charge is 0.338 e. The van der Waals surface area contributed by atoms with Crippen LogP contribution in [0.4, 0.5) is 13.2 Å². The number of nitrogens with zero attached hydrogens (tertiary/aromatic N) is 1. The molecule has 1 N–H and O–H groups in total. The van der Waals surface area contributed by atoms with Gasteiger partial charge in [-0.3, -0.25) is 4.79 Å². The highest BCUT2D eigenvalue weighted by Crippen LogP contribution is 2.27. The molecule has 1 amide bonds. The van der Waals surface area contributed by atoms with Crippen molar-refractivity contribution in [2.45, 2.75) is 38.9 Å². The lowest BCUT2D eigenvalue weighted by Gasteiger charge is -2.24. The van der Waals surface area contributed by atoms with Gasteiger partial charge in [0.25, 0.3) is 0 Å². The molecule has 1 rings (SSSR count). The van der Waals surface area contributed by atoms with Crippen molar-refractivity contribution in [2.75, 3.05) is 19.6 Å². The third-order valence-electron chi connectivity index (χ3n) is 2.47. The molecular weight excluding hydrogens is 233 g/mol. The third-order valence-corrected chi connectivity index (χ3v) is 2.47. The van der Waals surface area contributed by atoms with Crippen LogP contribution in [0.2, 0.25) is 0 Å². The fraction of sp³-hybridized carbons (Fsp3) is 0.909. The lowest BCUT2D eigenvalue weighted by atomic mass is 10.2. The number of nitrogens with one attached hydrogen (secondary N) is 1. The Balaban J connectivity index is 2.33. The van der Waals surface area contributed by atoms with E-state index in [0.29, 0.717) is 12.5 Å². The van der Waals surface area contributed by atoms with Gasteiger partial charge in [-0.05, 0) is 18.8 Å². The maximum Gasteiger partial charge on any atom is 0.401 e. The zero-order valence-electron chi connectivity index (χ0n) is 10.2. The van der Waals surface area contributed by atoms with Crippen LogP contribution in [0.3, 0.4) is 0 Å². The Morgan fingerprint density at radius 2 is 2.00 bits per heavy atom. The van der Waals surface area contributed by atoms with E-state index in [9.17, 15) is 18.0 Å². The van der Waals surface area contributed by atoms with Crippen LogP contribution in [0.1, 0.15) is 26.7 Å². The summed E-state index contributed by atoms with van der Waals surface area (Å²) in [5.41, 5.74) is 0. The van der Waals surface area contributed by atoms with Crippen LogP contribution in [0.25, 0.3) is 0 Å². The molecule has 0 heterocycles. The van der Waals surface area contributed by atoms with Crippen molar-refractivity contribution in [2.24, 2.45) is 5.92 Å². The fourth-order valence-electron chi connectivity index (χ4n) is 1.65. The summed E-state index contributed by atoms with van der Waals surface area (Å²) in [4.78, 5) is 13.4. The van der Waals surface area contributed by atoms with E-state index in [1.54, 1.807) is 4.90 Å². The van der Waals surface area contributed by atoms with Gasteiger partial charge in [-0.15, -0.1) is 0 Å². The predicted octanol–water partition coefficient (Wildman–Crippen LogP) is 1.79. The van der Waals surface area contributed by atoms with Crippen LogP contribution in [-0.2, 0) is 4.79 Å². The number of carbonyl (C=O) groups excluding carboxylic acids is 1. The van der Waals surface area contributed by atoms with Gasteiger partial charge in [0.15, 0.2) is 0 Å². The van der Waals surface area contributed by atoms with E-state index in [4.69, 9.17) is 0 Å². The molecule has 17 heavy (non-hydrogen) atoms. The molecule has 0 aromatic rings. The van der Waals surface area contributed by atoms with E-state index in [-0.39, 0.29) is 18.5 Å². The summed E-state index contributed by atoms with van der Waals surface area (Å²) >= 11 is 0. The molecule has 1 aliphatic rings. The molecule has 0 unspecified atom stereocenters. The van der Waals surface area contributed by atoms with Crippen LogP contribution in [-0.4, -0.2) is 42.7 Å². The van der Waals surface area contributed by atoms with E-state index in [1.807, 2.05) is 13.8 Å². The second-order valence-electron chi connectivity index (χ2n) is 4.89. The molecule has 1 saturated carbocycles. The molecule has 3 nitrogen and oxygen atoms in total. The Hall–Kier alpha value is -0.780. The summed E-state index contributed by atoms with van der Waals surface area (Å²) in [5.74, 6) is 0.104. The molecule has 0 radical (unpaired) electrons. The Bertz CT molecular complexity index is 262. The number of alkyl halides is 3. The average molecular weight is 252 g/mol. The zero-order valence-corrected chi connectivity index (χ0v) is 10.2. The van der Waals surface area contributed by atoms with Gasteiger partial charge in [-0.2, -0.15) is 13.2 Å². The standard InChI is InChI=1S/C11H19F3N2O/c1-8(2)6-16(9-3-4-9)10(17)5-15-7-11(12,13)14/h8-9,15H,3-7H2,1-2H3. The lowest BCUT2D eigenvalue weighted by molar-refractivity contribution is -0.135. The summed E-state index contributed by atoms with van der Waals surface area (Å²) in [6, 6.07) is 0.248. The minimum Gasteiger partial charge on any atom is -0.338 e. The molecule has 1 fully saturated rings. The summed E-state index contributed by atoms with van der Waals surface area (Å²) in [5, 5.41) is 2.15. The van der Waals surface area contributed by atoms with Gasteiger partial charge in [0.1, 0.15) is 0 Å². The van der Waals surface area contributed by atoms with Crippen LogP contribution < -0.4 is 5.32 Å². The minimum absolute atomic E-state index is 0.231. The quantitative estimate of drug-likeness (QED) is 0.781. The third kappa shape index (κ3) is 5.91. The van der Waals surface area contributed by atoms with Gasteiger partial charge in [0.2, 0.25) is 5.91 Å². The molecule has 0 atom stereocenters. The van der Waals surface area contributed by atoms with Gasteiger partial charge in [0, 0.05) is 12.6 Å². The minimum atomic E-state index is -4.26. The van der Waals surface area contributed by atoms with Crippen molar-refractivity contribution in [3.8, 4) is 0 Å². The largest absolute Gasteiger partial charge is 0.401 e. The Morgan fingerprint density at radius 1 is 1.41 bits per heavy atom. The van der Waals surface area contributed by atoms with Gasteiger partial charge in [-0.1, -0.05) is 13.8 Å². The predicted molar refractivity (Wildman–Crippen MR) is 58.5 cm³/mol. The lowest BCUT2D eigenvalue weighted by Crippen LogP contribution is -2.43. The van der Waals surface area contributed by atoms with E-state index >= 15 is 0 Å². The molecule has 0 aliphatic heterocycles. The van der Waals surface area contributed by atoms with E-state index < -0.39 is 12.7 Å². The highest BCUT2D eigenvalue weighted by atomic mass is 19.4. The molecule has 0 spiro atoms. The van der Waals surface area contributed by atoms with Gasteiger partial charge in [0.05, 0.1) is 13.1 Å². The van der Waals surface area contributed by atoms with Crippen molar-refractivity contribution >= 4 is 5.91 Å². The van der Waals surface area contributed by atoms with E-state index in [2.05, 4.69) is 5.32 Å². The monoisotopic (exact) mass is 252 g/mol. The second-order valence-corrected chi connectivity index (χ2v) is 4.89. The molecule has 0 saturated heterocycles. The summed E-state index contributed by atoms with van der Waals surface area (Å²) < 4.78 is 35.7. The molecular formula is C11H19F3N2O. The first-order valence-electron chi connectivity index (χ1n) is 5.86. The highest BCUT2D eigenvalue weighted by Gasteiger charge is 2.33. The summed E-state index contributed by atoms with van der Waals surface area (Å²) in [6.45, 7) is 3.26. The topological polar surface area (TPSA) is 32.3 Å². The highest BCUT2D eigenvalue weighted by molar-refractivity contribution is 5.78. The van der Waals surface area contributed by atoms with Crippen molar-refractivity contribution in [1.82, 2.24) is 10.2 Å². The zero-order chi connectivity index (χ0) is 13.1. The van der Waals surface area contributed by atoms with E-state index in [0.717, 1.165) is 12.8 Å². The van der Waals surface area contributed by atoms with Crippen molar-refractivity contribution < 1.29 is 18.0 Å². The van der Waals surface area contributed by atoms with Crippen molar-refractivity contribution in [3.63, 3.8) is 0 Å². The van der Waals surface area contributed by atoms with Crippen LogP contribution in [0, 0.1) is 5.92 Å². The van der Waals surface area contributed by atoms with Crippen molar-refractivity contribution in [1.29, 1.82) is 0 Å². The second kappa shape index (κ2) is 5.71. The average Bonchev–Trinajstić information content (AvgIpc) is 2.94. The molecule has 0 aromatic carbocycles. The number of amides is 1. The fourth-order valence-corrected chi connectivity index (χ4v) is 1.65. The normalized spacial score (nSPS) is 16.4. The van der Waals surface area contributed by atoms with Crippen molar-refractivity contribution in [3.05, 3.63) is 0 Å². The molecule has 6 heteroatoms. The number of hydrogen-bond donors (Lipinski definition) is 1. The number of rotatable bonds is 6. The van der Waals surface area contributed by atoms with Gasteiger partial charge >= 0.3 is 6.18 Å². The first kappa shape index (κ1) is 14.3. The summed E-state index contributed by atoms with van der Waals surface area (Å²) in [7, 11) is 0. The van der Waals surface area contributed by atoms with Crippen LogP contribution in [0.5, 0.6) is 0 Å². The van der Waals surface area contributed by atoms with E-state index in [1.165, 1.54) is 0 Å². The SMILES string of the molecule is CC(C)CN(C(=O)CNCC(F)(F)F)C1CC1. The maximum atomic E-state index is 11.9. The molecule has 1 aliphatic carbocycles.